The number of carbonyl (C=O) groups is 1. The Morgan fingerprint density at radius 1 is 1.00 bits per heavy atom. The van der Waals surface area contributed by atoms with Gasteiger partial charge in [-0.2, -0.15) is 0 Å². The van der Waals surface area contributed by atoms with Gasteiger partial charge >= 0.3 is 0 Å². The molecule has 0 unspecified atom stereocenters. The normalized spacial score (nSPS) is 10.8. The summed E-state index contributed by atoms with van der Waals surface area (Å²) in [7, 11) is 0. The van der Waals surface area contributed by atoms with E-state index in [1.165, 1.54) is 17.3 Å². The van der Waals surface area contributed by atoms with Crippen molar-refractivity contribution in [3.63, 3.8) is 0 Å². The fourth-order valence-corrected chi connectivity index (χ4v) is 4.32. The smallest absolute Gasteiger partial charge is 0.196 e. The van der Waals surface area contributed by atoms with E-state index in [-0.39, 0.29) is 11.5 Å². The summed E-state index contributed by atoms with van der Waals surface area (Å²) in [5.74, 6) is 1.65. The minimum atomic E-state index is -0.0567. The van der Waals surface area contributed by atoms with E-state index in [0.29, 0.717) is 28.2 Å². The van der Waals surface area contributed by atoms with E-state index in [1.54, 1.807) is 12.1 Å². The number of rotatable bonds is 8. The Balaban J connectivity index is 1.68. The average Bonchev–Trinajstić information content (AvgIpc) is 3.23. The number of halogens is 1. The van der Waals surface area contributed by atoms with Gasteiger partial charge in [-0.05, 0) is 50.2 Å². The molecule has 0 spiro atoms. The summed E-state index contributed by atoms with van der Waals surface area (Å²) in [6.07, 6.45) is 0. The molecule has 1 heterocycles. The van der Waals surface area contributed by atoms with Crippen LogP contribution < -0.4 is 4.74 Å². The van der Waals surface area contributed by atoms with Gasteiger partial charge in [-0.1, -0.05) is 65.3 Å². The molecule has 4 rings (SSSR count). The summed E-state index contributed by atoms with van der Waals surface area (Å²) in [6.45, 7) is 4.60. The Kier molecular flexibility index (Phi) is 6.93. The maximum atomic E-state index is 12.7. The van der Waals surface area contributed by atoms with E-state index in [0.717, 1.165) is 17.0 Å². The molecule has 0 amide bonds. The van der Waals surface area contributed by atoms with Gasteiger partial charge in [-0.3, -0.25) is 9.36 Å². The summed E-state index contributed by atoms with van der Waals surface area (Å²) in [5.41, 5.74) is 3.51. The van der Waals surface area contributed by atoms with E-state index in [2.05, 4.69) is 10.2 Å². The number of benzene rings is 3. The number of ketones is 1. The van der Waals surface area contributed by atoms with Crippen molar-refractivity contribution in [3.8, 4) is 22.8 Å². The fraction of sp³-hybridized carbons (Fsp3) is 0.160. The molecule has 5 nitrogen and oxygen atoms in total. The zero-order valence-electron chi connectivity index (χ0n) is 17.8. The number of hydrogen-bond donors (Lipinski definition) is 0. The molecular weight excluding hydrogens is 442 g/mol. The minimum absolute atomic E-state index is 0.0567. The molecule has 3 aromatic carbocycles. The number of Topliss-reactive ketones (excluding diaryl/α,β-unsaturated/α-hetero) is 1. The third kappa shape index (κ3) is 4.87. The average molecular weight is 464 g/mol. The number of aromatic nitrogens is 3. The van der Waals surface area contributed by atoms with Crippen LogP contribution in [0.5, 0.6) is 5.75 Å². The van der Waals surface area contributed by atoms with E-state index < -0.39 is 0 Å². The maximum absolute atomic E-state index is 12.7. The highest BCUT2D eigenvalue weighted by Gasteiger charge is 2.18. The molecule has 32 heavy (non-hydrogen) atoms. The Bertz CT molecular complexity index is 1220. The molecule has 0 atom stereocenters. The molecule has 1 aromatic heterocycles. The van der Waals surface area contributed by atoms with E-state index in [4.69, 9.17) is 16.3 Å². The summed E-state index contributed by atoms with van der Waals surface area (Å²) in [4.78, 5) is 12.7. The standard InChI is InChI=1S/C25H22ClN3O2S/c1-3-31-20-14-12-19(13-15-20)29-24(18-10-8-17(2)9-11-18)27-28-25(29)32-16-23(30)21-6-4-5-7-22(21)26/h4-15H,3,16H2,1-2H3. The molecule has 7 heteroatoms. The van der Waals surface area contributed by atoms with Gasteiger partial charge in [0, 0.05) is 16.8 Å². The molecule has 0 bridgehead atoms. The molecule has 0 aliphatic heterocycles. The molecule has 0 N–H and O–H groups in total. The lowest BCUT2D eigenvalue weighted by atomic mass is 10.1. The Morgan fingerprint density at radius 3 is 2.41 bits per heavy atom. The molecule has 0 radical (unpaired) electrons. The van der Waals surface area contributed by atoms with Crippen LogP contribution in [-0.4, -0.2) is 32.9 Å². The quantitative estimate of drug-likeness (QED) is 0.227. The summed E-state index contributed by atoms with van der Waals surface area (Å²) >= 11 is 7.53. The molecule has 0 fully saturated rings. The lowest BCUT2D eigenvalue weighted by Gasteiger charge is -2.12. The lowest BCUT2D eigenvalue weighted by Crippen LogP contribution is -2.05. The number of carbonyl (C=O) groups excluding carboxylic acids is 1. The van der Waals surface area contributed by atoms with Crippen molar-refractivity contribution >= 4 is 29.1 Å². The highest BCUT2D eigenvalue weighted by Crippen LogP contribution is 2.30. The second-order valence-electron chi connectivity index (χ2n) is 7.13. The Morgan fingerprint density at radius 2 is 1.72 bits per heavy atom. The van der Waals surface area contributed by atoms with Gasteiger partial charge in [0.25, 0.3) is 0 Å². The predicted molar refractivity (Wildman–Crippen MR) is 129 cm³/mol. The zero-order chi connectivity index (χ0) is 22.5. The molecular formula is C25H22ClN3O2S. The van der Waals surface area contributed by atoms with Crippen LogP contribution in [0.25, 0.3) is 17.1 Å². The number of hydrogen-bond acceptors (Lipinski definition) is 5. The molecule has 0 aliphatic carbocycles. The highest BCUT2D eigenvalue weighted by atomic mass is 35.5. The third-order valence-corrected chi connectivity index (χ3v) is 6.11. The van der Waals surface area contributed by atoms with Gasteiger partial charge < -0.3 is 4.74 Å². The second-order valence-corrected chi connectivity index (χ2v) is 8.48. The molecule has 0 saturated carbocycles. The van der Waals surface area contributed by atoms with Gasteiger partial charge in [0.2, 0.25) is 0 Å². The topological polar surface area (TPSA) is 57.0 Å². The van der Waals surface area contributed by atoms with Gasteiger partial charge in [-0.25, -0.2) is 0 Å². The first-order chi connectivity index (χ1) is 15.6. The van der Waals surface area contributed by atoms with Gasteiger partial charge in [0.1, 0.15) is 5.75 Å². The van der Waals surface area contributed by atoms with Crippen molar-refractivity contribution in [2.24, 2.45) is 0 Å². The number of aryl methyl sites for hydroxylation is 1. The van der Waals surface area contributed by atoms with E-state index in [1.807, 2.05) is 79.1 Å². The highest BCUT2D eigenvalue weighted by molar-refractivity contribution is 7.99. The van der Waals surface area contributed by atoms with Crippen molar-refractivity contribution in [2.75, 3.05) is 12.4 Å². The van der Waals surface area contributed by atoms with Crippen molar-refractivity contribution in [1.82, 2.24) is 14.8 Å². The van der Waals surface area contributed by atoms with Crippen LogP contribution in [0.3, 0.4) is 0 Å². The molecule has 0 aliphatic rings. The zero-order valence-corrected chi connectivity index (χ0v) is 19.4. The maximum Gasteiger partial charge on any atom is 0.196 e. The predicted octanol–water partition coefficient (Wildman–Crippen LogP) is 6.27. The molecule has 0 saturated heterocycles. The van der Waals surface area contributed by atoms with E-state index >= 15 is 0 Å². The van der Waals surface area contributed by atoms with Crippen LogP contribution in [0.2, 0.25) is 5.02 Å². The van der Waals surface area contributed by atoms with Gasteiger partial charge in [0.05, 0.1) is 17.4 Å². The van der Waals surface area contributed by atoms with Gasteiger partial charge in [-0.15, -0.1) is 10.2 Å². The molecule has 162 valence electrons. The van der Waals surface area contributed by atoms with Crippen LogP contribution >= 0.6 is 23.4 Å². The number of thioether (sulfide) groups is 1. The number of ether oxygens (including phenoxy) is 1. The third-order valence-electron chi connectivity index (χ3n) is 4.86. The van der Waals surface area contributed by atoms with Gasteiger partial charge in [0.15, 0.2) is 16.8 Å². The minimum Gasteiger partial charge on any atom is -0.494 e. The largest absolute Gasteiger partial charge is 0.494 e. The fourth-order valence-electron chi connectivity index (χ4n) is 3.24. The van der Waals surface area contributed by atoms with Crippen LogP contribution in [0.4, 0.5) is 0 Å². The Labute approximate surface area is 196 Å². The van der Waals surface area contributed by atoms with Crippen molar-refractivity contribution in [1.29, 1.82) is 0 Å². The van der Waals surface area contributed by atoms with Crippen LogP contribution in [-0.2, 0) is 0 Å². The van der Waals surface area contributed by atoms with Crippen molar-refractivity contribution in [3.05, 3.63) is 88.9 Å². The van der Waals surface area contributed by atoms with Crippen LogP contribution in [0.15, 0.2) is 78.0 Å². The van der Waals surface area contributed by atoms with Crippen molar-refractivity contribution in [2.45, 2.75) is 19.0 Å². The monoisotopic (exact) mass is 463 g/mol. The van der Waals surface area contributed by atoms with Crippen molar-refractivity contribution < 1.29 is 9.53 Å². The van der Waals surface area contributed by atoms with Crippen LogP contribution in [0.1, 0.15) is 22.8 Å². The first-order valence-corrected chi connectivity index (χ1v) is 11.6. The van der Waals surface area contributed by atoms with E-state index in [9.17, 15) is 4.79 Å². The second kappa shape index (κ2) is 10.0. The first-order valence-electron chi connectivity index (χ1n) is 10.2. The summed E-state index contributed by atoms with van der Waals surface area (Å²) in [5, 5.41) is 9.92. The summed E-state index contributed by atoms with van der Waals surface area (Å²) < 4.78 is 7.54. The van der Waals surface area contributed by atoms with Crippen LogP contribution in [0, 0.1) is 6.92 Å². The Hall–Kier alpha value is -3.09. The first kappa shape index (κ1) is 22.1. The SMILES string of the molecule is CCOc1ccc(-n2c(SCC(=O)c3ccccc3Cl)nnc2-c2ccc(C)cc2)cc1. The molecule has 4 aromatic rings. The summed E-state index contributed by atoms with van der Waals surface area (Å²) in [6, 6.07) is 23.0. The number of nitrogens with zero attached hydrogens (tertiary/aromatic N) is 3. The lowest BCUT2D eigenvalue weighted by molar-refractivity contribution is 0.102.